The number of hydrogen-bond donors (Lipinski definition) is 0. The molecule has 0 amide bonds. The Morgan fingerprint density at radius 2 is 2.00 bits per heavy atom. The number of esters is 1. The van der Waals surface area contributed by atoms with E-state index in [1.165, 1.54) is 7.11 Å². The number of fused-ring (bicyclic) bond motifs is 1. The van der Waals surface area contributed by atoms with Crippen LogP contribution in [0.1, 0.15) is 0 Å². The Bertz CT molecular complexity index is 764. The van der Waals surface area contributed by atoms with Crippen LogP contribution < -0.4 is 4.74 Å². The fraction of sp³-hybridized carbons (Fsp3) is 0.125. The molecule has 1 aromatic heterocycles. The van der Waals surface area contributed by atoms with E-state index < -0.39 is 5.97 Å². The molecule has 0 aliphatic carbocycles. The third-order valence-electron chi connectivity index (χ3n) is 2.98. The first-order chi connectivity index (χ1) is 10.3. The fourth-order valence-electron chi connectivity index (χ4n) is 2.06. The summed E-state index contributed by atoms with van der Waals surface area (Å²) < 4.78 is 15.2. The van der Waals surface area contributed by atoms with Crippen LogP contribution in [0.5, 0.6) is 5.75 Å². The molecule has 0 aliphatic heterocycles. The van der Waals surface area contributed by atoms with Crippen molar-refractivity contribution < 1.29 is 18.8 Å². The van der Waals surface area contributed by atoms with E-state index in [0.29, 0.717) is 11.3 Å². The molecular weight excluding hydrogens is 270 g/mol. The molecule has 0 aliphatic rings. The van der Waals surface area contributed by atoms with Crippen LogP contribution in [0.25, 0.3) is 22.2 Å². The van der Waals surface area contributed by atoms with Crippen molar-refractivity contribution >= 4 is 16.9 Å². The van der Waals surface area contributed by atoms with E-state index in [4.69, 9.17) is 14.0 Å². The minimum Gasteiger partial charge on any atom is -0.425 e. The van der Waals surface area contributed by atoms with E-state index in [9.17, 15) is 4.79 Å². The molecule has 3 rings (SSSR count). The summed E-state index contributed by atoms with van der Waals surface area (Å²) in [7, 11) is 1.44. The number of methoxy groups -OCH3 is 1. The van der Waals surface area contributed by atoms with Gasteiger partial charge in [0, 0.05) is 24.1 Å². The number of carbonyl (C=O) groups is 1. The molecular formula is C16H13NO4. The molecule has 0 fully saturated rings. The monoisotopic (exact) mass is 283 g/mol. The molecule has 0 radical (unpaired) electrons. The summed E-state index contributed by atoms with van der Waals surface area (Å²) in [5.74, 6) is -0.0556. The first kappa shape index (κ1) is 13.3. The van der Waals surface area contributed by atoms with Crippen molar-refractivity contribution in [2.24, 2.45) is 0 Å². The van der Waals surface area contributed by atoms with E-state index in [-0.39, 0.29) is 6.61 Å². The zero-order valence-corrected chi connectivity index (χ0v) is 11.4. The molecule has 5 heteroatoms. The molecule has 1 heterocycles. The third-order valence-corrected chi connectivity index (χ3v) is 2.98. The van der Waals surface area contributed by atoms with Gasteiger partial charge in [0.25, 0.3) is 0 Å². The van der Waals surface area contributed by atoms with E-state index in [0.717, 1.165) is 16.6 Å². The summed E-state index contributed by atoms with van der Waals surface area (Å²) in [5.41, 5.74) is 2.30. The van der Waals surface area contributed by atoms with Crippen LogP contribution in [0.2, 0.25) is 0 Å². The number of carbonyl (C=O) groups excluding carboxylic acids is 1. The number of aromatic nitrogens is 1. The van der Waals surface area contributed by atoms with Crippen LogP contribution in [0.15, 0.2) is 53.1 Å². The van der Waals surface area contributed by atoms with E-state index in [1.807, 2.05) is 36.4 Å². The summed E-state index contributed by atoms with van der Waals surface area (Å²) in [6, 6.07) is 14.9. The molecule has 3 aromatic rings. The second-order valence-corrected chi connectivity index (χ2v) is 4.46. The van der Waals surface area contributed by atoms with Crippen LogP contribution in [-0.2, 0) is 9.53 Å². The molecule has 0 unspecified atom stereocenters. The smallest absolute Gasteiger partial charge is 0.337 e. The highest BCUT2D eigenvalue weighted by Gasteiger charge is 2.12. The topological polar surface area (TPSA) is 61.6 Å². The van der Waals surface area contributed by atoms with Crippen LogP contribution in [0.4, 0.5) is 0 Å². The molecule has 0 spiro atoms. The molecule has 5 nitrogen and oxygen atoms in total. The van der Waals surface area contributed by atoms with Gasteiger partial charge < -0.3 is 14.0 Å². The van der Waals surface area contributed by atoms with Crippen molar-refractivity contribution in [3.8, 4) is 17.0 Å². The zero-order chi connectivity index (χ0) is 14.7. The minimum absolute atomic E-state index is 0.0935. The van der Waals surface area contributed by atoms with E-state index in [1.54, 1.807) is 12.1 Å². The highest BCUT2D eigenvalue weighted by atomic mass is 16.6. The van der Waals surface area contributed by atoms with Crippen molar-refractivity contribution in [3.63, 3.8) is 0 Å². The van der Waals surface area contributed by atoms with Crippen LogP contribution in [0.3, 0.4) is 0 Å². The first-order valence-electron chi connectivity index (χ1n) is 6.42. The van der Waals surface area contributed by atoms with Gasteiger partial charge in [-0.05, 0) is 12.1 Å². The van der Waals surface area contributed by atoms with Gasteiger partial charge in [0.15, 0.2) is 5.58 Å². The zero-order valence-electron chi connectivity index (χ0n) is 11.4. The highest BCUT2D eigenvalue weighted by Crippen LogP contribution is 2.30. The van der Waals surface area contributed by atoms with Crippen molar-refractivity contribution in [2.45, 2.75) is 0 Å². The fourth-order valence-corrected chi connectivity index (χ4v) is 2.06. The molecule has 21 heavy (non-hydrogen) atoms. The summed E-state index contributed by atoms with van der Waals surface area (Å²) in [6.45, 7) is -0.0935. The largest absolute Gasteiger partial charge is 0.425 e. The third kappa shape index (κ3) is 2.78. The van der Waals surface area contributed by atoms with Crippen molar-refractivity contribution in [3.05, 3.63) is 48.5 Å². The molecule has 0 saturated heterocycles. The molecule has 2 aromatic carbocycles. The van der Waals surface area contributed by atoms with Crippen molar-refractivity contribution in [2.75, 3.05) is 13.7 Å². The second-order valence-electron chi connectivity index (χ2n) is 4.46. The number of benzene rings is 2. The maximum atomic E-state index is 11.4. The maximum Gasteiger partial charge on any atom is 0.337 e. The Morgan fingerprint density at radius 1 is 1.19 bits per heavy atom. The summed E-state index contributed by atoms with van der Waals surface area (Å²) in [5, 5.41) is 4.95. The van der Waals surface area contributed by atoms with Gasteiger partial charge in [-0.25, -0.2) is 4.79 Å². The van der Waals surface area contributed by atoms with E-state index >= 15 is 0 Å². The summed E-state index contributed by atoms with van der Waals surface area (Å²) in [4.78, 5) is 11.4. The molecule has 0 atom stereocenters. The molecule has 0 N–H and O–H groups in total. The predicted molar refractivity (Wildman–Crippen MR) is 77.0 cm³/mol. The lowest BCUT2D eigenvalue weighted by molar-refractivity contribution is -0.138. The van der Waals surface area contributed by atoms with Crippen LogP contribution in [0, 0.1) is 0 Å². The van der Waals surface area contributed by atoms with Gasteiger partial charge in [0.1, 0.15) is 18.1 Å². The van der Waals surface area contributed by atoms with Gasteiger partial charge in [-0.3, -0.25) is 0 Å². The van der Waals surface area contributed by atoms with Crippen molar-refractivity contribution in [1.29, 1.82) is 0 Å². The van der Waals surface area contributed by atoms with Crippen LogP contribution in [-0.4, -0.2) is 24.8 Å². The maximum absolute atomic E-state index is 11.4. The lowest BCUT2D eigenvalue weighted by Crippen LogP contribution is -2.13. The number of hydrogen-bond acceptors (Lipinski definition) is 5. The Morgan fingerprint density at radius 3 is 2.76 bits per heavy atom. The Hall–Kier alpha value is -2.66. The number of ether oxygens (including phenoxy) is 2. The number of rotatable bonds is 4. The highest BCUT2D eigenvalue weighted by molar-refractivity contribution is 5.92. The lowest BCUT2D eigenvalue weighted by atomic mass is 10.1. The van der Waals surface area contributed by atoms with Crippen molar-refractivity contribution in [1.82, 2.24) is 5.16 Å². The van der Waals surface area contributed by atoms with Gasteiger partial charge in [-0.1, -0.05) is 35.5 Å². The normalized spacial score (nSPS) is 10.7. The van der Waals surface area contributed by atoms with E-state index in [2.05, 4.69) is 5.16 Å². The van der Waals surface area contributed by atoms with Gasteiger partial charge in [0.05, 0.1) is 0 Å². The lowest BCUT2D eigenvalue weighted by Gasteiger charge is -2.02. The van der Waals surface area contributed by atoms with Gasteiger partial charge in [0.2, 0.25) is 0 Å². The molecule has 0 saturated carbocycles. The Kier molecular flexibility index (Phi) is 3.66. The second kappa shape index (κ2) is 5.76. The average molecular weight is 283 g/mol. The standard InChI is InChI=1S/C16H13NO4/c1-19-10-15(18)20-12-7-8-13-14(9-12)21-17-16(13)11-5-3-2-4-6-11/h2-9H,10H2,1H3. The molecule has 106 valence electrons. The quantitative estimate of drug-likeness (QED) is 0.544. The number of nitrogens with zero attached hydrogens (tertiary/aromatic N) is 1. The Labute approximate surface area is 121 Å². The Balaban J connectivity index is 1.93. The average Bonchev–Trinajstić information content (AvgIpc) is 2.91. The van der Waals surface area contributed by atoms with Gasteiger partial charge >= 0.3 is 5.97 Å². The first-order valence-corrected chi connectivity index (χ1v) is 6.42. The minimum atomic E-state index is -0.459. The van der Waals surface area contributed by atoms with Gasteiger partial charge in [-0.2, -0.15) is 0 Å². The van der Waals surface area contributed by atoms with Crippen LogP contribution >= 0.6 is 0 Å². The summed E-state index contributed by atoms with van der Waals surface area (Å²) in [6.07, 6.45) is 0. The molecule has 0 bridgehead atoms. The van der Waals surface area contributed by atoms with Gasteiger partial charge in [-0.15, -0.1) is 0 Å². The predicted octanol–water partition coefficient (Wildman–Crippen LogP) is 3.05. The summed E-state index contributed by atoms with van der Waals surface area (Å²) >= 11 is 0. The SMILES string of the molecule is COCC(=O)Oc1ccc2c(-c3ccccc3)noc2c1.